The summed E-state index contributed by atoms with van der Waals surface area (Å²) in [5.74, 6) is -0.130. The summed E-state index contributed by atoms with van der Waals surface area (Å²) in [6.07, 6.45) is -0.153. The fourth-order valence-electron chi connectivity index (χ4n) is 3.97. The van der Waals surface area contributed by atoms with Gasteiger partial charge in [0.25, 0.3) is 6.43 Å². The summed E-state index contributed by atoms with van der Waals surface area (Å²) in [5, 5.41) is 12.1. The van der Waals surface area contributed by atoms with Crippen LogP contribution in [-0.4, -0.2) is 25.7 Å². The fourth-order valence-corrected chi connectivity index (χ4v) is 3.97. The zero-order valence-corrected chi connectivity index (χ0v) is 19.0. The molecule has 0 radical (unpaired) electrons. The Morgan fingerprint density at radius 3 is 2.76 bits per heavy atom. The molecule has 0 unspecified atom stereocenters. The maximum atomic E-state index is 13.9. The normalized spacial score (nSPS) is 12.2. The van der Waals surface area contributed by atoms with Crippen LogP contribution in [0.1, 0.15) is 28.7 Å². The van der Waals surface area contributed by atoms with Crippen LogP contribution in [-0.2, 0) is 13.0 Å². The van der Waals surface area contributed by atoms with Gasteiger partial charge in [-0.15, -0.1) is 0 Å². The second-order valence-corrected chi connectivity index (χ2v) is 8.17. The van der Waals surface area contributed by atoms with Crippen LogP contribution in [0.2, 0.25) is 0 Å². The van der Waals surface area contributed by atoms with Crippen molar-refractivity contribution in [2.24, 2.45) is 0 Å². The summed E-state index contributed by atoms with van der Waals surface area (Å²) in [6, 6.07) is 11.7. The third-order valence-corrected chi connectivity index (χ3v) is 5.76. The number of nitrogens with zero attached hydrogens (tertiary/aromatic N) is 5. The zero-order valence-electron chi connectivity index (χ0n) is 19.0. The molecule has 12 heteroatoms. The first-order valence-electron chi connectivity index (χ1n) is 11.0. The van der Waals surface area contributed by atoms with Gasteiger partial charge in [-0.25, -0.2) is 27.3 Å². The molecule has 37 heavy (non-hydrogen) atoms. The molecule has 0 fully saturated rings. The van der Waals surface area contributed by atoms with Crippen molar-refractivity contribution < 1.29 is 17.9 Å². The van der Waals surface area contributed by atoms with Crippen molar-refractivity contribution in [2.45, 2.75) is 19.4 Å². The number of benzene rings is 2. The number of hydrogen-bond acceptors (Lipinski definition) is 7. The minimum absolute atomic E-state index is 0.133. The average molecular weight is 506 g/mol. The molecule has 0 amide bonds. The highest BCUT2D eigenvalue weighted by molar-refractivity contribution is 5.58. The molecule has 0 saturated carbocycles. The third kappa shape index (κ3) is 4.66. The molecule has 0 atom stereocenters. The van der Waals surface area contributed by atoms with E-state index in [-0.39, 0.29) is 23.7 Å². The number of ether oxygens (including phenoxy) is 1. The van der Waals surface area contributed by atoms with Crippen LogP contribution in [0, 0.1) is 17.1 Å². The monoisotopic (exact) mass is 506 g/mol. The van der Waals surface area contributed by atoms with E-state index in [0.717, 1.165) is 40.4 Å². The van der Waals surface area contributed by atoms with Gasteiger partial charge in [0.1, 0.15) is 17.6 Å². The van der Waals surface area contributed by atoms with Crippen LogP contribution in [0.4, 0.5) is 24.8 Å². The second-order valence-electron chi connectivity index (χ2n) is 8.17. The summed E-state index contributed by atoms with van der Waals surface area (Å²) in [5.41, 5.74) is -0.978. The Labute approximate surface area is 207 Å². The van der Waals surface area contributed by atoms with Crippen molar-refractivity contribution in [1.82, 2.24) is 19.1 Å². The van der Waals surface area contributed by atoms with Crippen molar-refractivity contribution in [3.8, 4) is 17.5 Å². The molecule has 2 aromatic carbocycles. The zero-order chi connectivity index (χ0) is 26.1. The molecule has 2 aromatic heterocycles. The first-order chi connectivity index (χ1) is 17.8. The van der Waals surface area contributed by atoms with Gasteiger partial charge in [0, 0.05) is 23.9 Å². The maximum Gasteiger partial charge on any atom is 0.359 e. The minimum Gasteiger partial charge on any atom is -0.493 e. The SMILES string of the molecule is N#Cc1cc(Cn2c(Nc3ccc4c(c3)CCO4)nc(=O)n(-c3cncc(C(F)F)c3)c2=O)ccc1F. The predicted octanol–water partition coefficient (Wildman–Crippen LogP) is 3.46. The Hall–Kier alpha value is -4.92. The van der Waals surface area contributed by atoms with E-state index in [1.54, 1.807) is 24.3 Å². The van der Waals surface area contributed by atoms with Crippen molar-refractivity contribution in [2.75, 3.05) is 11.9 Å². The quantitative estimate of drug-likeness (QED) is 0.426. The number of pyridine rings is 1. The van der Waals surface area contributed by atoms with Gasteiger partial charge in [0.15, 0.2) is 0 Å². The number of fused-ring (bicyclic) bond motifs is 1. The van der Waals surface area contributed by atoms with E-state index < -0.39 is 29.2 Å². The van der Waals surface area contributed by atoms with E-state index >= 15 is 0 Å². The molecule has 5 rings (SSSR count). The van der Waals surface area contributed by atoms with Crippen LogP contribution < -0.4 is 21.4 Å². The summed E-state index contributed by atoms with van der Waals surface area (Å²) >= 11 is 0. The molecule has 0 saturated heterocycles. The lowest BCUT2D eigenvalue weighted by Gasteiger charge is -2.16. The predicted molar refractivity (Wildman–Crippen MR) is 126 cm³/mol. The highest BCUT2D eigenvalue weighted by Crippen LogP contribution is 2.29. The molecule has 3 heterocycles. The van der Waals surface area contributed by atoms with Crippen molar-refractivity contribution in [3.63, 3.8) is 0 Å². The number of nitrogens with one attached hydrogen (secondary N) is 1. The van der Waals surface area contributed by atoms with E-state index in [1.165, 1.54) is 12.1 Å². The van der Waals surface area contributed by atoms with Crippen LogP contribution in [0.25, 0.3) is 5.69 Å². The fraction of sp³-hybridized carbons (Fsp3) is 0.160. The lowest BCUT2D eigenvalue weighted by Crippen LogP contribution is -2.41. The molecular weight excluding hydrogens is 489 g/mol. The number of anilines is 2. The second kappa shape index (κ2) is 9.62. The van der Waals surface area contributed by atoms with Crippen LogP contribution >= 0.6 is 0 Å². The lowest BCUT2D eigenvalue weighted by atomic mass is 10.1. The van der Waals surface area contributed by atoms with E-state index in [9.17, 15) is 28.0 Å². The molecular formula is C25H17F3N6O3. The molecule has 1 aliphatic rings. The summed E-state index contributed by atoms with van der Waals surface area (Å²) in [6.45, 7) is 0.328. The van der Waals surface area contributed by atoms with Crippen LogP contribution in [0.3, 0.4) is 0 Å². The number of aromatic nitrogens is 4. The van der Waals surface area contributed by atoms with Gasteiger partial charge >= 0.3 is 11.4 Å². The summed E-state index contributed by atoms with van der Waals surface area (Å²) in [4.78, 5) is 34.2. The largest absolute Gasteiger partial charge is 0.493 e. The molecule has 0 aliphatic carbocycles. The number of alkyl halides is 2. The van der Waals surface area contributed by atoms with Gasteiger partial charge in [-0.2, -0.15) is 10.2 Å². The number of halogens is 3. The van der Waals surface area contributed by atoms with Crippen molar-refractivity contribution in [3.05, 3.63) is 104 Å². The first-order valence-corrected chi connectivity index (χ1v) is 11.0. The molecule has 186 valence electrons. The molecule has 1 aliphatic heterocycles. The summed E-state index contributed by atoms with van der Waals surface area (Å²) < 4.78 is 47.5. The Morgan fingerprint density at radius 2 is 1.97 bits per heavy atom. The first kappa shape index (κ1) is 23.8. The lowest BCUT2D eigenvalue weighted by molar-refractivity contribution is 0.151. The van der Waals surface area contributed by atoms with E-state index in [4.69, 9.17) is 4.74 Å². The highest BCUT2D eigenvalue weighted by Gasteiger charge is 2.19. The van der Waals surface area contributed by atoms with Crippen molar-refractivity contribution in [1.29, 1.82) is 5.26 Å². The number of nitriles is 1. The van der Waals surface area contributed by atoms with Gasteiger partial charge in [-0.3, -0.25) is 9.55 Å². The number of rotatable bonds is 6. The van der Waals surface area contributed by atoms with Crippen molar-refractivity contribution >= 4 is 11.6 Å². The Bertz CT molecular complexity index is 1680. The number of hydrogen-bond donors (Lipinski definition) is 1. The van der Waals surface area contributed by atoms with E-state index in [0.29, 0.717) is 28.8 Å². The van der Waals surface area contributed by atoms with E-state index in [1.807, 2.05) is 0 Å². The summed E-state index contributed by atoms with van der Waals surface area (Å²) in [7, 11) is 0. The highest BCUT2D eigenvalue weighted by atomic mass is 19.3. The Kier molecular flexibility index (Phi) is 6.19. The van der Waals surface area contributed by atoms with Gasteiger partial charge in [0.05, 0.1) is 30.6 Å². The molecule has 0 bridgehead atoms. The van der Waals surface area contributed by atoms with E-state index in [2.05, 4.69) is 15.3 Å². The molecule has 1 N–H and O–H groups in total. The Balaban J connectivity index is 1.65. The maximum absolute atomic E-state index is 13.9. The van der Waals surface area contributed by atoms with Gasteiger partial charge in [-0.05, 0) is 47.5 Å². The van der Waals surface area contributed by atoms with Gasteiger partial charge < -0.3 is 10.1 Å². The van der Waals surface area contributed by atoms with Crippen LogP contribution in [0.15, 0.2) is 64.4 Å². The topological polar surface area (TPSA) is 115 Å². The van der Waals surface area contributed by atoms with Crippen LogP contribution in [0.5, 0.6) is 5.75 Å². The Morgan fingerprint density at radius 1 is 1.14 bits per heavy atom. The molecule has 9 nitrogen and oxygen atoms in total. The van der Waals surface area contributed by atoms with Gasteiger partial charge in [0.2, 0.25) is 5.95 Å². The standard InChI is InChI=1S/C25H17F3N6O3/c26-20-3-1-14(7-16(20)10-29)13-33-23(31-18-2-4-21-15(8-18)5-6-37-21)32-24(35)34(25(33)36)19-9-17(22(27)28)11-30-12-19/h1-4,7-9,11-12,22H,5-6,13H2,(H,31,32,35). The molecule has 0 spiro atoms. The minimum atomic E-state index is -2.87. The van der Waals surface area contributed by atoms with Gasteiger partial charge in [-0.1, -0.05) is 6.07 Å². The molecule has 4 aromatic rings. The average Bonchev–Trinajstić information content (AvgIpc) is 3.35. The third-order valence-electron chi connectivity index (χ3n) is 5.76. The smallest absolute Gasteiger partial charge is 0.359 e.